The highest BCUT2D eigenvalue weighted by atomic mass is 14.9. The van der Waals surface area contributed by atoms with E-state index < -0.39 is 0 Å². The van der Waals surface area contributed by atoms with Crippen LogP contribution in [0.3, 0.4) is 0 Å². The third-order valence-corrected chi connectivity index (χ3v) is 2.18. The Labute approximate surface area is 71.8 Å². The van der Waals surface area contributed by atoms with Crippen molar-refractivity contribution in [3.63, 3.8) is 0 Å². The molecule has 12 heavy (non-hydrogen) atoms. The average molecular weight is 158 g/mol. The predicted molar refractivity (Wildman–Crippen MR) is 48.0 cm³/mol. The normalized spacial score (nSPS) is 14.2. The summed E-state index contributed by atoms with van der Waals surface area (Å²) < 4.78 is 0. The molecule has 0 saturated carbocycles. The van der Waals surface area contributed by atoms with Crippen LogP contribution < -0.4 is 5.32 Å². The van der Waals surface area contributed by atoms with Crippen molar-refractivity contribution in [2.24, 2.45) is 0 Å². The van der Waals surface area contributed by atoms with Gasteiger partial charge in [0, 0.05) is 12.2 Å². The number of nitrogens with one attached hydrogen (secondary N) is 1. The Morgan fingerprint density at radius 2 is 2.33 bits per heavy atom. The van der Waals surface area contributed by atoms with Crippen molar-refractivity contribution >= 4 is 5.69 Å². The van der Waals surface area contributed by atoms with Crippen LogP contribution in [0.4, 0.5) is 5.69 Å². The lowest BCUT2D eigenvalue weighted by Crippen LogP contribution is -2.11. The van der Waals surface area contributed by atoms with E-state index in [0.29, 0.717) is 0 Å². The first-order valence-electron chi connectivity index (χ1n) is 4.17. The minimum absolute atomic E-state index is 0.739. The summed E-state index contributed by atoms with van der Waals surface area (Å²) in [7, 11) is 0. The number of rotatable bonds is 0. The minimum atomic E-state index is 0.739. The molecular formula is C10H10N2. The lowest BCUT2D eigenvalue weighted by molar-refractivity contribution is 0.830. The molecule has 0 amide bonds. The summed E-state index contributed by atoms with van der Waals surface area (Å²) >= 11 is 0. The van der Waals surface area contributed by atoms with Crippen molar-refractivity contribution in [1.29, 1.82) is 5.26 Å². The van der Waals surface area contributed by atoms with Crippen LogP contribution in [0, 0.1) is 11.3 Å². The number of nitriles is 1. The first kappa shape index (κ1) is 7.17. The van der Waals surface area contributed by atoms with Crippen molar-refractivity contribution in [3.05, 3.63) is 29.3 Å². The highest BCUT2D eigenvalue weighted by molar-refractivity contribution is 5.56. The fourth-order valence-corrected chi connectivity index (χ4v) is 1.53. The molecule has 1 aromatic carbocycles. The minimum Gasteiger partial charge on any atom is -0.385 e. The zero-order valence-corrected chi connectivity index (χ0v) is 6.80. The van der Waals surface area contributed by atoms with E-state index in [9.17, 15) is 0 Å². The third kappa shape index (κ3) is 1.14. The Kier molecular flexibility index (Phi) is 1.71. The number of hydrogen-bond acceptors (Lipinski definition) is 2. The molecule has 0 bridgehead atoms. The van der Waals surface area contributed by atoms with Crippen LogP contribution in [0.15, 0.2) is 18.2 Å². The summed E-state index contributed by atoms with van der Waals surface area (Å²) in [5.41, 5.74) is 3.21. The van der Waals surface area contributed by atoms with Crippen molar-refractivity contribution < 1.29 is 0 Å². The highest BCUT2D eigenvalue weighted by Crippen LogP contribution is 2.22. The molecule has 0 unspecified atom stereocenters. The Morgan fingerprint density at radius 3 is 3.17 bits per heavy atom. The molecular weight excluding hydrogens is 148 g/mol. The maximum atomic E-state index is 8.66. The van der Waals surface area contributed by atoms with E-state index in [4.69, 9.17) is 5.26 Å². The van der Waals surface area contributed by atoms with E-state index in [1.54, 1.807) is 0 Å². The molecule has 0 aromatic heterocycles. The molecule has 1 aliphatic rings. The second kappa shape index (κ2) is 2.86. The fraction of sp³-hybridized carbons (Fsp3) is 0.300. The van der Waals surface area contributed by atoms with Crippen LogP contribution in [0.5, 0.6) is 0 Å². The smallest absolute Gasteiger partial charge is 0.0992 e. The van der Waals surface area contributed by atoms with Crippen molar-refractivity contribution in [3.8, 4) is 6.07 Å². The van der Waals surface area contributed by atoms with E-state index in [1.165, 1.54) is 12.0 Å². The maximum absolute atomic E-state index is 8.66. The van der Waals surface area contributed by atoms with E-state index >= 15 is 0 Å². The Balaban J connectivity index is 2.44. The molecule has 0 spiro atoms. The number of hydrogen-bond donors (Lipinski definition) is 1. The number of benzene rings is 1. The van der Waals surface area contributed by atoms with Gasteiger partial charge in [0.1, 0.15) is 0 Å². The van der Waals surface area contributed by atoms with E-state index in [2.05, 4.69) is 11.4 Å². The maximum Gasteiger partial charge on any atom is 0.0992 e. The molecule has 0 atom stereocenters. The summed E-state index contributed by atoms with van der Waals surface area (Å²) in [5.74, 6) is 0. The molecule has 0 saturated heterocycles. The molecule has 1 N–H and O–H groups in total. The summed E-state index contributed by atoms with van der Waals surface area (Å²) in [5, 5.41) is 11.9. The molecule has 1 aromatic rings. The van der Waals surface area contributed by atoms with Crippen molar-refractivity contribution in [2.45, 2.75) is 12.8 Å². The van der Waals surface area contributed by atoms with Crippen LogP contribution in [0.2, 0.25) is 0 Å². The monoisotopic (exact) mass is 158 g/mol. The first-order valence-corrected chi connectivity index (χ1v) is 4.17. The number of nitrogens with zero attached hydrogens (tertiary/aromatic N) is 1. The van der Waals surface area contributed by atoms with Gasteiger partial charge in [0.15, 0.2) is 0 Å². The molecule has 1 aliphatic heterocycles. The van der Waals surface area contributed by atoms with Crippen LogP contribution in [-0.2, 0) is 6.42 Å². The lowest BCUT2D eigenvalue weighted by Gasteiger charge is -2.17. The molecule has 60 valence electrons. The van der Waals surface area contributed by atoms with E-state index in [0.717, 1.165) is 24.2 Å². The highest BCUT2D eigenvalue weighted by Gasteiger charge is 2.07. The summed E-state index contributed by atoms with van der Waals surface area (Å²) in [6.45, 7) is 1.03. The topological polar surface area (TPSA) is 35.8 Å². The van der Waals surface area contributed by atoms with Gasteiger partial charge in [0.2, 0.25) is 0 Å². The number of aryl methyl sites for hydroxylation is 1. The van der Waals surface area contributed by atoms with E-state index in [-0.39, 0.29) is 0 Å². The van der Waals surface area contributed by atoms with Gasteiger partial charge in [-0.2, -0.15) is 5.26 Å². The Bertz CT molecular complexity index is 336. The molecule has 2 rings (SSSR count). The van der Waals surface area contributed by atoms with Gasteiger partial charge in [-0.25, -0.2) is 0 Å². The zero-order valence-electron chi connectivity index (χ0n) is 6.80. The quantitative estimate of drug-likeness (QED) is 0.626. The molecule has 0 radical (unpaired) electrons. The summed E-state index contributed by atoms with van der Waals surface area (Å²) in [4.78, 5) is 0. The standard InChI is InChI=1S/C10H10N2/c11-7-8-3-4-9-2-1-5-12-10(9)6-8/h3-4,6,12H,1-2,5H2. The third-order valence-electron chi connectivity index (χ3n) is 2.18. The second-order valence-electron chi connectivity index (χ2n) is 3.01. The largest absolute Gasteiger partial charge is 0.385 e. The molecule has 0 aliphatic carbocycles. The van der Waals surface area contributed by atoms with Crippen LogP contribution >= 0.6 is 0 Å². The Hall–Kier alpha value is -1.49. The molecule has 2 heteroatoms. The van der Waals surface area contributed by atoms with Gasteiger partial charge in [-0.15, -0.1) is 0 Å². The van der Waals surface area contributed by atoms with E-state index in [1.807, 2.05) is 18.2 Å². The Morgan fingerprint density at radius 1 is 1.42 bits per heavy atom. The van der Waals surface area contributed by atoms with Gasteiger partial charge in [-0.3, -0.25) is 0 Å². The zero-order chi connectivity index (χ0) is 8.39. The van der Waals surface area contributed by atoms with Crippen LogP contribution in [0.1, 0.15) is 17.5 Å². The van der Waals surface area contributed by atoms with Gasteiger partial charge in [-0.1, -0.05) is 6.07 Å². The lowest BCUT2D eigenvalue weighted by atomic mass is 10.0. The molecule has 2 nitrogen and oxygen atoms in total. The van der Waals surface area contributed by atoms with Crippen LogP contribution in [-0.4, -0.2) is 6.54 Å². The number of fused-ring (bicyclic) bond motifs is 1. The molecule has 0 fully saturated rings. The predicted octanol–water partition coefficient (Wildman–Crippen LogP) is 1.92. The average Bonchev–Trinajstić information content (AvgIpc) is 2.17. The van der Waals surface area contributed by atoms with Crippen molar-refractivity contribution in [2.75, 3.05) is 11.9 Å². The van der Waals surface area contributed by atoms with Gasteiger partial charge < -0.3 is 5.32 Å². The van der Waals surface area contributed by atoms with Gasteiger partial charge >= 0.3 is 0 Å². The van der Waals surface area contributed by atoms with Crippen LogP contribution in [0.25, 0.3) is 0 Å². The van der Waals surface area contributed by atoms with Gasteiger partial charge in [0.25, 0.3) is 0 Å². The van der Waals surface area contributed by atoms with Gasteiger partial charge in [0.05, 0.1) is 11.6 Å². The second-order valence-corrected chi connectivity index (χ2v) is 3.01. The van der Waals surface area contributed by atoms with Crippen molar-refractivity contribution in [1.82, 2.24) is 0 Å². The summed E-state index contributed by atoms with van der Waals surface area (Å²) in [6.07, 6.45) is 2.33. The SMILES string of the molecule is N#Cc1ccc2c(c1)NCCC2. The molecule has 1 heterocycles. The van der Waals surface area contributed by atoms with Gasteiger partial charge in [-0.05, 0) is 30.5 Å². The number of anilines is 1. The summed E-state index contributed by atoms with van der Waals surface area (Å²) in [6, 6.07) is 7.98. The first-order chi connectivity index (χ1) is 5.90. The fourth-order valence-electron chi connectivity index (χ4n) is 1.53.